The zero-order valence-electron chi connectivity index (χ0n) is 9.32. The lowest BCUT2D eigenvalue weighted by Crippen LogP contribution is -2.37. The van der Waals surface area contributed by atoms with Gasteiger partial charge in [0.05, 0.1) is 12.2 Å². The molecule has 0 aliphatic carbocycles. The van der Waals surface area contributed by atoms with Crippen LogP contribution in [0.4, 0.5) is 0 Å². The SMILES string of the molecule is CC(C)n1nccc1OC(C)(C)CN. The first-order valence-corrected chi connectivity index (χ1v) is 4.89. The van der Waals surface area contributed by atoms with Gasteiger partial charge in [0.25, 0.3) is 0 Å². The maximum atomic E-state index is 5.76. The van der Waals surface area contributed by atoms with Gasteiger partial charge in [0, 0.05) is 12.6 Å². The van der Waals surface area contributed by atoms with Crippen LogP contribution in [0, 0.1) is 0 Å². The minimum absolute atomic E-state index is 0.300. The molecule has 1 aromatic heterocycles. The molecule has 14 heavy (non-hydrogen) atoms. The van der Waals surface area contributed by atoms with Gasteiger partial charge in [-0.15, -0.1) is 0 Å². The van der Waals surface area contributed by atoms with Crippen molar-refractivity contribution in [1.29, 1.82) is 0 Å². The molecule has 0 radical (unpaired) electrons. The van der Waals surface area contributed by atoms with Crippen molar-refractivity contribution in [2.45, 2.75) is 39.3 Å². The smallest absolute Gasteiger partial charge is 0.212 e. The molecule has 0 spiro atoms. The average molecular weight is 197 g/mol. The summed E-state index contributed by atoms with van der Waals surface area (Å²) < 4.78 is 7.60. The maximum absolute atomic E-state index is 5.76. The topological polar surface area (TPSA) is 53.1 Å². The highest BCUT2D eigenvalue weighted by Gasteiger charge is 2.20. The largest absolute Gasteiger partial charge is 0.470 e. The summed E-state index contributed by atoms with van der Waals surface area (Å²) in [6, 6.07) is 2.16. The zero-order valence-corrected chi connectivity index (χ0v) is 9.32. The molecular weight excluding hydrogens is 178 g/mol. The number of nitrogens with two attached hydrogens (primary N) is 1. The molecule has 1 heterocycles. The summed E-state index contributed by atoms with van der Waals surface area (Å²) in [5.74, 6) is 0.774. The molecule has 1 rings (SSSR count). The third kappa shape index (κ3) is 2.48. The molecule has 0 aliphatic heterocycles. The highest BCUT2D eigenvalue weighted by atomic mass is 16.5. The molecule has 0 fully saturated rings. The van der Waals surface area contributed by atoms with Crippen LogP contribution in [0.15, 0.2) is 12.3 Å². The van der Waals surface area contributed by atoms with E-state index >= 15 is 0 Å². The molecule has 0 saturated heterocycles. The molecule has 80 valence electrons. The van der Waals surface area contributed by atoms with Gasteiger partial charge in [0.2, 0.25) is 5.88 Å². The molecule has 1 aromatic rings. The number of hydrogen-bond donors (Lipinski definition) is 1. The lowest BCUT2D eigenvalue weighted by molar-refractivity contribution is 0.102. The molecule has 0 aliphatic rings. The van der Waals surface area contributed by atoms with E-state index in [4.69, 9.17) is 10.5 Å². The lowest BCUT2D eigenvalue weighted by Gasteiger charge is -2.25. The minimum Gasteiger partial charge on any atom is -0.470 e. The van der Waals surface area contributed by atoms with Crippen LogP contribution in [0.5, 0.6) is 5.88 Å². The van der Waals surface area contributed by atoms with Crippen LogP contribution in [0.3, 0.4) is 0 Å². The van der Waals surface area contributed by atoms with E-state index < -0.39 is 0 Å². The molecule has 4 heteroatoms. The van der Waals surface area contributed by atoms with Crippen LogP contribution in [-0.4, -0.2) is 21.9 Å². The summed E-state index contributed by atoms with van der Waals surface area (Å²) in [6.07, 6.45) is 1.74. The van der Waals surface area contributed by atoms with E-state index in [-0.39, 0.29) is 5.60 Å². The van der Waals surface area contributed by atoms with E-state index in [0.29, 0.717) is 12.6 Å². The Morgan fingerprint density at radius 2 is 2.21 bits per heavy atom. The van der Waals surface area contributed by atoms with E-state index in [9.17, 15) is 0 Å². The van der Waals surface area contributed by atoms with Crippen LogP contribution < -0.4 is 10.5 Å². The van der Waals surface area contributed by atoms with Gasteiger partial charge in [0.15, 0.2) is 0 Å². The van der Waals surface area contributed by atoms with E-state index in [1.54, 1.807) is 6.20 Å². The summed E-state index contributed by atoms with van der Waals surface area (Å²) in [5.41, 5.74) is 5.25. The molecule has 2 N–H and O–H groups in total. The Hall–Kier alpha value is -1.03. The highest BCUT2D eigenvalue weighted by Crippen LogP contribution is 2.20. The first-order valence-electron chi connectivity index (χ1n) is 4.89. The van der Waals surface area contributed by atoms with E-state index in [0.717, 1.165) is 5.88 Å². The van der Waals surface area contributed by atoms with Crippen LogP contribution in [0.1, 0.15) is 33.7 Å². The van der Waals surface area contributed by atoms with Gasteiger partial charge < -0.3 is 10.5 Å². The molecule has 4 nitrogen and oxygen atoms in total. The maximum Gasteiger partial charge on any atom is 0.212 e. The monoisotopic (exact) mass is 197 g/mol. The fourth-order valence-corrected chi connectivity index (χ4v) is 1.10. The second-order valence-corrected chi connectivity index (χ2v) is 4.27. The lowest BCUT2D eigenvalue weighted by atomic mass is 10.1. The molecule has 0 aromatic carbocycles. The van der Waals surface area contributed by atoms with Crippen LogP contribution in [0.2, 0.25) is 0 Å². The van der Waals surface area contributed by atoms with Gasteiger partial charge in [-0.1, -0.05) is 0 Å². The van der Waals surface area contributed by atoms with Crippen LogP contribution in [-0.2, 0) is 0 Å². The van der Waals surface area contributed by atoms with Gasteiger partial charge in [-0.3, -0.25) is 0 Å². The van der Waals surface area contributed by atoms with Gasteiger partial charge in [-0.05, 0) is 27.7 Å². The van der Waals surface area contributed by atoms with Gasteiger partial charge in [-0.25, -0.2) is 4.68 Å². The van der Waals surface area contributed by atoms with Crippen molar-refractivity contribution in [2.24, 2.45) is 5.73 Å². The second kappa shape index (κ2) is 4.00. The van der Waals surface area contributed by atoms with Crippen molar-refractivity contribution < 1.29 is 4.74 Å². The Labute approximate surface area is 85.0 Å². The molecular formula is C10H19N3O. The molecule has 0 bridgehead atoms. The number of rotatable bonds is 4. The summed E-state index contributed by atoms with van der Waals surface area (Å²) in [5, 5.41) is 4.19. The third-order valence-corrected chi connectivity index (χ3v) is 2.00. The summed E-state index contributed by atoms with van der Waals surface area (Å²) in [4.78, 5) is 0. The first kappa shape index (κ1) is 11.0. The van der Waals surface area contributed by atoms with E-state index in [1.807, 2.05) is 24.6 Å². The minimum atomic E-state index is -0.341. The standard InChI is InChI=1S/C10H19N3O/c1-8(2)13-9(5-6-12-13)14-10(3,4)7-11/h5-6,8H,7,11H2,1-4H3. The summed E-state index contributed by atoms with van der Waals surface area (Å²) >= 11 is 0. The van der Waals surface area contributed by atoms with Gasteiger partial charge in [0.1, 0.15) is 5.60 Å². The number of ether oxygens (including phenoxy) is 1. The number of nitrogens with zero attached hydrogens (tertiary/aromatic N) is 2. The molecule has 0 atom stereocenters. The van der Waals surface area contributed by atoms with E-state index in [1.165, 1.54) is 0 Å². The highest BCUT2D eigenvalue weighted by molar-refractivity contribution is 5.10. The fraction of sp³-hybridized carbons (Fsp3) is 0.700. The van der Waals surface area contributed by atoms with Crippen molar-refractivity contribution >= 4 is 0 Å². The number of aromatic nitrogens is 2. The fourth-order valence-electron chi connectivity index (χ4n) is 1.10. The zero-order chi connectivity index (χ0) is 10.8. The Morgan fingerprint density at radius 1 is 1.57 bits per heavy atom. The summed E-state index contributed by atoms with van der Waals surface area (Å²) in [7, 11) is 0. The van der Waals surface area contributed by atoms with E-state index in [2.05, 4.69) is 18.9 Å². The van der Waals surface area contributed by atoms with Gasteiger partial charge >= 0.3 is 0 Å². The average Bonchev–Trinajstić information content (AvgIpc) is 2.51. The normalized spacial score (nSPS) is 12.1. The Morgan fingerprint density at radius 3 is 2.71 bits per heavy atom. The third-order valence-electron chi connectivity index (χ3n) is 2.00. The van der Waals surface area contributed by atoms with Crippen molar-refractivity contribution in [3.63, 3.8) is 0 Å². The molecule has 0 amide bonds. The molecule has 0 unspecified atom stereocenters. The second-order valence-electron chi connectivity index (χ2n) is 4.27. The van der Waals surface area contributed by atoms with Crippen LogP contribution in [0.25, 0.3) is 0 Å². The summed E-state index contributed by atoms with van der Waals surface area (Å²) in [6.45, 7) is 8.54. The molecule has 0 saturated carbocycles. The van der Waals surface area contributed by atoms with Gasteiger partial charge in [-0.2, -0.15) is 5.10 Å². The number of hydrogen-bond acceptors (Lipinski definition) is 3. The first-order chi connectivity index (χ1) is 6.46. The van der Waals surface area contributed by atoms with Crippen molar-refractivity contribution in [1.82, 2.24) is 9.78 Å². The predicted octanol–water partition coefficient (Wildman–Crippen LogP) is 1.58. The predicted molar refractivity (Wildman–Crippen MR) is 56.4 cm³/mol. The van der Waals surface area contributed by atoms with Crippen molar-refractivity contribution in [2.75, 3.05) is 6.54 Å². The quantitative estimate of drug-likeness (QED) is 0.797. The Kier molecular flexibility index (Phi) is 3.16. The van der Waals surface area contributed by atoms with Crippen LogP contribution >= 0.6 is 0 Å². The van der Waals surface area contributed by atoms with Crippen molar-refractivity contribution in [3.8, 4) is 5.88 Å². The van der Waals surface area contributed by atoms with Crippen molar-refractivity contribution in [3.05, 3.63) is 12.3 Å². The Balaban J connectivity index is 2.81. The Bertz CT molecular complexity index is 291.